The molecule has 90 heavy (non-hydrogen) atoms. The number of carboxylic acids is 2. The number of carbonyl (C=O) groups excluding carboxylic acids is 2. The predicted octanol–water partition coefficient (Wildman–Crippen LogP) is 2.49. The highest BCUT2D eigenvalue weighted by Gasteiger charge is 2.33. The number of methoxy groups -OCH3 is 2. The quantitative estimate of drug-likeness (QED) is 0.0227. The standard InChI is InChI=1S/2C25H26F2N8O3.2C2HF3O2/c2*1-34-10-3-4-18(28)24(34)35-25(36)32-23(33-35)21(31-15-7-5-14(6-8-15)22(29)30)17-12-16(37-2)13-19(20(17)27)38-11-9-26;2*3-2(4,5)1(6)7/h2*3-8,10,12-13,21H,9,11,28H2,1-2H3,(H4-,29,30,31,32,33,36);2*(H,6,7). The first-order chi connectivity index (χ1) is 42.3. The molecule has 0 radical (unpaired) electrons. The molecule has 0 saturated heterocycles. The highest BCUT2D eigenvalue weighted by atomic mass is 19.4. The molecule has 0 aliphatic rings. The SMILES string of the molecule is COc1cc(OCCF)c(F)c(C(Nc2ccc(C(=N)N)cc2)c2nn(-c3c(N)ccc[n+]3C)c(=O)[nH]2)c1.COc1cc(OCCF)c(F)c(C(Nc2ccc(C(=N)N)cc2)c2nn(-c3c(N)ccc[n+]3C)c(=O)[nH]2)c1.O=C([O-])C(F)(F)F.O=C([O-])C(F)(F)F. The lowest BCUT2D eigenvalue weighted by Crippen LogP contribution is -2.38. The van der Waals surface area contributed by atoms with Crippen LogP contribution in [-0.4, -0.2) is 106 Å². The number of nitrogen functional groups attached to an aromatic ring is 4. The van der Waals surface area contributed by atoms with Crippen molar-refractivity contribution in [3.63, 3.8) is 0 Å². The molecule has 480 valence electrons. The molecule has 8 aromatic rings. The molecule has 4 heterocycles. The summed E-state index contributed by atoms with van der Waals surface area (Å²) in [5, 5.41) is 47.9. The van der Waals surface area contributed by atoms with E-state index in [1.54, 1.807) is 108 Å². The molecule has 14 N–H and O–H groups in total. The number of hydrogen-bond acceptors (Lipinski definition) is 18. The van der Waals surface area contributed by atoms with Gasteiger partial charge in [0, 0.05) is 45.8 Å². The fourth-order valence-corrected chi connectivity index (χ4v) is 7.78. The minimum Gasteiger partial charge on any atom is -0.542 e. The summed E-state index contributed by atoms with van der Waals surface area (Å²) >= 11 is 0. The van der Waals surface area contributed by atoms with Gasteiger partial charge in [-0.1, -0.05) is 10.2 Å². The number of nitrogens with two attached hydrogens (primary N) is 4. The molecule has 26 nitrogen and oxygen atoms in total. The van der Waals surface area contributed by atoms with Crippen molar-refractivity contribution in [2.75, 3.05) is 62.9 Å². The fraction of sp³-hybridized carbons (Fsp3) is 0.222. The molecule has 0 bridgehead atoms. The van der Waals surface area contributed by atoms with Gasteiger partial charge < -0.3 is 72.3 Å². The summed E-state index contributed by atoms with van der Waals surface area (Å²) in [6.45, 7) is -2.35. The van der Waals surface area contributed by atoms with Crippen molar-refractivity contribution < 1.29 is 91.8 Å². The highest BCUT2D eigenvalue weighted by Crippen LogP contribution is 2.37. The fourth-order valence-electron chi connectivity index (χ4n) is 7.78. The van der Waals surface area contributed by atoms with E-state index >= 15 is 8.78 Å². The lowest BCUT2D eigenvalue weighted by Gasteiger charge is -2.20. The number of pyridine rings is 2. The zero-order chi connectivity index (χ0) is 66.9. The van der Waals surface area contributed by atoms with Crippen LogP contribution in [-0.2, 0) is 23.7 Å². The third kappa shape index (κ3) is 17.9. The van der Waals surface area contributed by atoms with E-state index in [4.69, 9.17) is 72.5 Å². The molecular formula is C54H54F10N16O10. The molecule has 4 aromatic heterocycles. The van der Waals surface area contributed by atoms with Gasteiger partial charge in [-0.15, -0.1) is 0 Å². The number of amidine groups is 2. The molecule has 8 rings (SSSR count). The second-order valence-corrected chi connectivity index (χ2v) is 18.1. The first-order valence-electron chi connectivity index (χ1n) is 25.3. The Morgan fingerprint density at radius 3 is 1.21 bits per heavy atom. The van der Waals surface area contributed by atoms with Crippen LogP contribution in [0.4, 0.5) is 66.7 Å². The Balaban J connectivity index is 0.000000270. The minimum absolute atomic E-state index is 0.0140. The first kappa shape index (κ1) is 69.4. The van der Waals surface area contributed by atoms with Crippen molar-refractivity contribution in [1.29, 1.82) is 10.8 Å². The van der Waals surface area contributed by atoms with Crippen LogP contribution in [0.25, 0.3) is 11.6 Å². The zero-order valence-corrected chi connectivity index (χ0v) is 47.2. The highest BCUT2D eigenvalue weighted by molar-refractivity contribution is 5.95. The van der Waals surface area contributed by atoms with Crippen molar-refractivity contribution in [2.45, 2.75) is 24.4 Å². The summed E-state index contributed by atoms with van der Waals surface area (Å²) in [5.41, 5.74) is 24.7. The van der Waals surface area contributed by atoms with Gasteiger partial charge in [-0.3, -0.25) is 20.8 Å². The number of anilines is 4. The average Bonchev–Trinajstić information content (AvgIpc) is 1.61. The van der Waals surface area contributed by atoms with Crippen LogP contribution in [0.5, 0.6) is 23.0 Å². The second kappa shape index (κ2) is 30.3. The Labute approximate surface area is 500 Å². The molecule has 2 atom stereocenters. The molecule has 0 saturated carbocycles. The Hall–Kier alpha value is -11.4. The van der Waals surface area contributed by atoms with Crippen LogP contribution >= 0.6 is 0 Å². The summed E-state index contributed by atoms with van der Waals surface area (Å²) in [5.74, 6) is -7.07. The Morgan fingerprint density at radius 1 is 0.622 bits per heavy atom. The van der Waals surface area contributed by atoms with Gasteiger partial charge in [0.1, 0.15) is 85.1 Å². The van der Waals surface area contributed by atoms with E-state index in [1.165, 1.54) is 38.5 Å². The number of carbonyl (C=O) groups is 2. The van der Waals surface area contributed by atoms with Crippen molar-refractivity contribution in [2.24, 2.45) is 25.6 Å². The predicted molar refractivity (Wildman–Crippen MR) is 296 cm³/mol. The lowest BCUT2D eigenvalue weighted by molar-refractivity contribution is -0.665. The molecule has 4 aromatic carbocycles. The number of nitrogens with one attached hydrogen (secondary N) is 6. The van der Waals surface area contributed by atoms with Gasteiger partial charge in [0.15, 0.2) is 34.8 Å². The van der Waals surface area contributed by atoms with Gasteiger partial charge >= 0.3 is 35.4 Å². The average molecular weight is 1280 g/mol. The smallest absolute Gasteiger partial charge is 0.440 e. The van der Waals surface area contributed by atoms with E-state index in [9.17, 15) is 44.7 Å². The number of benzene rings is 4. The summed E-state index contributed by atoms with van der Waals surface area (Å²) in [6.07, 6.45) is -6.98. The maximum Gasteiger partial charge on any atom is 0.440 e. The van der Waals surface area contributed by atoms with Crippen molar-refractivity contribution in [3.05, 3.63) is 176 Å². The minimum atomic E-state index is -5.19. The van der Waals surface area contributed by atoms with Crippen LogP contribution in [0.15, 0.2) is 119 Å². The van der Waals surface area contributed by atoms with Crippen molar-refractivity contribution >= 4 is 46.4 Å². The molecule has 36 heteroatoms. The molecular weight excluding hydrogens is 1220 g/mol. The number of alkyl halides is 8. The van der Waals surface area contributed by atoms with Crippen molar-refractivity contribution in [3.8, 4) is 34.6 Å². The van der Waals surface area contributed by atoms with Crippen LogP contribution in [0.2, 0.25) is 0 Å². The molecule has 2 unspecified atom stereocenters. The molecule has 0 aliphatic heterocycles. The topological polar surface area (TPSA) is 402 Å². The third-order valence-corrected chi connectivity index (χ3v) is 11.9. The normalized spacial score (nSPS) is 11.6. The molecule has 0 fully saturated rings. The molecule has 0 amide bonds. The Bertz CT molecular complexity index is 3660. The summed E-state index contributed by atoms with van der Waals surface area (Å²) < 4.78 is 147. The van der Waals surface area contributed by atoms with Crippen LogP contribution in [0.3, 0.4) is 0 Å². The van der Waals surface area contributed by atoms with Crippen molar-refractivity contribution in [1.82, 2.24) is 29.5 Å². The lowest BCUT2D eigenvalue weighted by atomic mass is 10.0. The van der Waals surface area contributed by atoms with Crippen LogP contribution in [0, 0.1) is 22.5 Å². The Morgan fingerprint density at radius 2 is 0.944 bits per heavy atom. The number of aliphatic carboxylic acids is 2. The van der Waals surface area contributed by atoms with Gasteiger partial charge in [0.05, 0.1) is 40.7 Å². The number of rotatable bonds is 20. The van der Waals surface area contributed by atoms with Gasteiger partial charge in [0.2, 0.25) is 0 Å². The van der Waals surface area contributed by atoms with E-state index in [-0.39, 0.29) is 70.7 Å². The number of nitrogens with zero attached hydrogens (tertiary/aromatic N) is 6. The largest absolute Gasteiger partial charge is 0.542 e. The first-order valence-corrected chi connectivity index (χ1v) is 25.3. The number of halogens is 10. The van der Waals surface area contributed by atoms with E-state index < -0.39 is 72.7 Å². The number of aromatic nitrogens is 8. The summed E-state index contributed by atoms with van der Waals surface area (Å²) in [6, 6.07) is 23.1. The van der Waals surface area contributed by atoms with E-state index in [0.29, 0.717) is 45.5 Å². The maximum atomic E-state index is 15.7. The number of hydrogen-bond donors (Lipinski definition) is 10. The number of H-pyrrole nitrogens is 2. The van der Waals surface area contributed by atoms with Crippen LogP contribution in [0.1, 0.15) is 46.0 Å². The van der Waals surface area contributed by atoms with Gasteiger partial charge in [0.25, 0.3) is 0 Å². The summed E-state index contributed by atoms with van der Waals surface area (Å²) in [7, 11) is 6.20. The monoisotopic (exact) mass is 1280 g/mol. The molecule has 0 spiro atoms. The van der Waals surface area contributed by atoms with Crippen LogP contribution < -0.4 is 83.2 Å². The second-order valence-electron chi connectivity index (χ2n) is 18.1. The van der Waals surface area contributed by atoms with E-state index in [0.717, 1.165) is 9.36 Å². The van der Waals surface area contributed by atoms with E-state index in [1.807, 2.05) is 0 Å². The number of carboxylic acid groups (broad SMARTS) is 2. The maximum absolute atomic E-state index is 15.7. The zero-order valence-electron chi connectivity index (χ0n) is 47.2. The third-order valence-electron chi connectivity index (χ3n) is 11.9. The van der Waals surface area contributed by atoms with Gasteiger partial charge in [-0.05, 0) is 94.3 Å². The number of aryl methyl sites for hydroxylation is 2. The molecule has 0 aliphatic carbocycles. The number of ether oxygens (including phenoxy) is 4. The van der Waals surface area contributed by atoms with E-state index in [2.05, 4.69) is 30.8 Å². The summed E-state index contributed by atoms with van der Waals surface area (Å²) in [4.78, 5) is 48.9. The van der Waals surface area contributed by atoms with Gasteiger partial charge in [-0.25, -0.2) is 36.3 Å². The number of aromatic amines is 2. The van der Waals surface area contributed by atoms with Gasteiger partial charge in [-0.2, -0.15) is 26.3 Å². The Kier molecular flexibility index (Phi) is 23.4.